The number of rotatable bonds is 8. The minimum atomic E-state index is -0.715. The molecular formula is C31H36F2. The monoisotopic (exact) mass is 446 g/mol. The van der Waals surface area contributed by atoms with Gasteiger partial charge in [-0.25, -0.2) is 8.78 Å². The molecule has 0 heterocycles. The molecule has 0 unspecified atom stereocenters. The molecule has 33 heavy (non-hydrogen) atoms. The molecule has 0 atom stereocenters. The van der Waals surface area contributed by atoms with Crippen LogP contribution >= 0.6 is 0 Å². The molecule has 0 aromatic heterocycles. The van der Waals surface area contributed by atoms with E-state index in [9.17, 15) is 8.78 Å². The third-order valence-corrected chi connectivity index (χ3v) is 7.34. The van der Waals surface area contributed by atoms with Crippen LogP contribution in [0.25, 0.3) is 10.8 Å². The van der Waals surface area contributed by atoms with Crippen LogP contribution in [0.1, 0.15) is 80.5 Å². The average Bonchev–Trinajstić information content (AvgIpc) is 2.86. The van der Waals surface area contributed by atoms with E-state index >= 15 is 0 Å². The summed E-state index contributed by atoms with van der Waals surface area (Å²) in [5.74, 6) is -0.0156. The van der Waals surface area contributed by atoms with Crippen molar-refractivity contribution >= 4 is 10.8 Å². The number of halogens is 2. The molecule has 1 fully saturated rings. The van der Waals surface area contributed by atoms with E-state index in [1.807, 2.05) is 25.1 Å². The molecule has 1 aliphatic rings. The molecule has 0 amide bonds. The number of fused-ring (bicyclic) bond motifs is 1. The topological polar surface area (TPSA) is 0 Å². The van der Waals surface area contributed by atoms with Crippen LogP contribution in [0.2, 0.25) is 0 Å². The van der Waals surface area contributed by atoms with Crippen LogP contribution in [0.15, 0.2) is 60.7 Å². The normalized spacial score (nSPS) is 18.9. The molecule has 3 aromatic rings. The molecule has 2 heteroatoms. The molecule has 3 aromatic carbocycles. The van der Waals surface area contributed by atoms with E-state index in [0.717, 1.165) is 23.3 Å². The summed E-state index contributed by atoms with van der Waals surface area (Å²) in [6.45, 7) is 4.25. The van der Waals surface area contributed by atoms with Gasteiger partial charge in [-0.3, -0.25) is 0 Å². The van der Waals surface area contributed by atoms with Crippen molar-refractivity contribution in [2.24, 2.45) is 5.92 Å². The molecule has 1 aliphatic carbocycles. The van der Waals surface area contributed by atoms with Crippen molar-refractivity contribution in [1.29, 1.82) is 0 Å². The van der Waals surface area contributed by atoms with Gasteiger partial charge in [-0.05, 0) is 103 Å². The molecule has 1 saturated carbocycles. The van der Waals surface area contributed by atoms with E-state index in [0.29, 0.717) is 29.7 Å². The molecule has 0 spiro atoms. The molecule has 0 aliphatic heterocycles. The third kappa shape index (κ3) is 5.72. The third-order valence-electron chi connectivity index (χ3n) is 7.34. The lowest BCUT2D eigenvalue weighted by molar-refractivity contribution is 0.375. The number of aryl methyl sites for hydroxylation is 3. The number of hydrogen-bond acceptors (Lipinski definition) is 0. The van der Waals surface area contributed by atoms with E-state index in [1.165, 1.54) is 49.7 Å². The quantitative estimate of drug-likeness (QED) is 0.303. The standard InChI is InChI=1S/C31H36F2/c1-3-5-6-7-23-9-14-25(15-10-23)26-16-11-24(12-17-26)13-19-28-21-27-18-8-22(4-2)20-29(27)31(33)30(28)32/h6-8,11-12,16-18,20-21,23,25H,3-5,9-10,13-15,19H2,1-2H3/b7-6+. The SMILES string of the molecule is CCC/C=C/C1CCC(c2ccc(CCc3cc4ccc(CC)cc4c(F)c3F)cc2)CC1. The van der Waals surface area contributed by atoms with Gasteiger partial charge >= 0.3 is 0 Å². The van der Waals surface area contributed by atoms with Crippen molar-refractivity contribution in [3.63, 3.8) is 0 Å². The molecular weight excluding hydrogens is 410 g/mol. The zero-order valence-electron chi connectivity index (χ0n) is 20.0. The summed E-state index contributed by atoms with van der Waals surface area (Å²) in [6.07, 6.45) is 14.3. The van der Waals surface area contributed by atoms with Crippen molar-refractivity contribution < 1.29 is 8.78 Å². The Morgan fingerprint density at radius 3 is 2.24 bits per heavy atom. The Bertz CT molecular complexity index is 1090. The van der Waals surface area contributed by atoms with Gasteiger partial charge < -0.3 is 0 Å². The fourth-order valence-corrected chi connectivity index (χ4v) is 5.17. The second-order valence-corrected chi connectivity index (χ2v) is 9.64. The highest BCUT2D eigenvalue weighted by Gasteiger charge is 2.21. The Morgan fingerprint density at radius 2 is 1.55 bits per heavy atom. The van der Waals surface area contributed by atoms with Gasteiger partial charge in [-0.15, -0.1) is 0 Å². The fraction of sp³-hybridized carbons (Fsp3) is 0.419. The largest absolute Gasteiger partial charge is 0.203 e. The van der Waals surface area contributed by atoms with E-state index in [1.54, 1.807) is 6.07 Å². The van der Waals surface area contributed by atoms with Crippen LogP contribution in [-0.4, -0.2) is 0 Å². The summed E-state index contributed by atoms with van der Waals surface area (Å²) in [5.41, 5.74) is 4.08. The zero-order valence-corrected chi connectivity index (χ0v) is 20.0. The Labute approximate surface area is 197 Å². The average molecular weight is 447 g/mol. The lowest BCUT2D eigenvalue weighted by atomic mass is 9.78. The highest BCUT2D eigenvalue weighted by Crippen LogP contribution is 2.36. The molecule has 0 radical (unpaired) electrons. The number of hydrogen-bond donors (Lipinski definition) is 0. The maximum atomic E-state index is 14.7. The van der Waals surface area contributed by atoms with Crippen LogP contribution in [0.5, 0.6) is 0 Å². The first kappa shape index (κ1) is 23.7. The van der Waals surface area contributed by atoms with Crippen molar-refractivity contribution in [3.05, 3.63) is 94.6 Å². The van der Waals surface area contributed by atoms with Gasteiger partial charge in [-0.2, -0.15) is 0 Å². The first-order valence-electron chi connectivity index (χ1n) is 12.7. The molecule has 0 saturated heterocycles. The second kappa shape index (κ2) is 11.1. The predicted octanol–water partition coefficient (Wildman–Crippen LogP) is 9.10. The number of allylic oxidation sites excluding steroid dienone is 2. The maximum absolute atomic E-state index is 14.7. The van der Waals surface area contributed by atoms with Crippen molar-refractivity contribution in [3.8, 4) is 0 Å². The predicted molar refractivity (Wildman–Crippen MR) is 136 cm³/mol. The van der Waals surface area contributed by atoms with Gasteiger partial charge in [0.15, 0.2) is 11.6 Å². The Balaban J connectivity index is 1.37. The van der Waals surface area contributed by atoms with E-state index in [4.69, 9.17) is 0 Å². The van der Waals surface area contributed by atoms with Gasteiger partial charge in [0.25, 0.3) is 0 Å². The molecule has 174 valence electrons. The lowest BCUT2D eigenvalue weighted by Gasteiger charge is -2.27. The fourth-order valence-electron chi connectivity index (χ4n) is 5.17. The van der Waals surface area contributed by atoms with E-state index in [-0.39, 0.29) is 0 Å². The molecule has 0 bridgehead atoms. The Hall–Kier alpha value is -2.48. The minimum absolute atomic E-state index is 0.385. The summed E-state index contributed by atoms with van der Waals surface area (Å²) in [6, 6.07) is 16.3. The van der Waals surface area contributed by atoms with Gasteiger partial charge in [0.05, 0.1) is 0 Å². The van der Waals surface area contributed by atoms with Crippen LogP contribution in [0.4, 0.5) is 8.78 Å². The van der Waals surface area contributed by atoms with Crippen LogP contribution in [0.3, 0.4) is 0 Å². The number of benzene rings is 3. The highest BCUT2D eigenvalue weighted by atomic mass is 19.2. The molecule has 4 rings (SSSR count). The van der Waals surface area contributed by atoms with Crippen LogP contribution < -0.4 is 0 Å². The summed E-state index contributed by atoms with van der Waals surface area (Å²) in [4.78, 5) is 0. The molecule has 0 N–H and O–H groups in total. The lowest BCUT2D eigenvalue weighted by Crippen LogP contribution is -2.11. The van der Waals surface area contributed by atoms with Crippen molar-refractivity contribution in [2.45, 2.75) is 77.6 Å². The maximum Gasteiger partial charge on any atom is 0.166 e. The smallest absolute Gasteiger partial charge is 0.166 e. The first-order valence-corrected chi connectivity index (χ1v) is 12.7. The summed E-state index contributed by atoms with van der Waals surface area (Å²) >= 11 is 0. The minimum Gasteiger partial charge on any atom is -0.203 e. The first-order chi connectivity index (χ1) is 16.1. The zero-order chi connectivity index (χ0) is 23.2. The summed E-state index contributed by atoms with van der Waals surface area (Å²) < 4.78 is 29.4. The van der Waals surface area contributed by atoms with Gasteiger partial charge in [0.1, 0.15) is 0 Å². The second-order valence-electron chi connectivity index (χ2n) is 9.64. The van der Waals surface area contributed by atoms with Gasteiger partial charge in [-0.1, -0.05) is 68.8 Å². The Morgan fingerprint density at radius 1 is 0.818 bits per heavy atom. The van der Waals surface area contributed by atoms with Crippen molar-refractivity contribution in [2.75, 3.05) is 0 Å². The Kier molecular flexibility index (Phi) is 7.96. The van der Waals surface area contributed by atoms with Gasteiger partial charge in [0.2, 0.25) is 0 Å². The van der Waals surface area contributed by atoms with Gasteiger partial charge in [0, 0.05) is 5.39 Å². The van der Waals surface area contributed by atoms with E-state index in [2.05, 4.69) is 43.3 Å². The number of unbranched alkanes of at least 4 members (excludes halogenated alkanes) is 1. The van der Waals surface area contributed by atoms with Crippen molar-refractivity contribution in [1.82, 2.24) is 0 Å². The van der Waals surface area contributed by atoms with Crippen LogP contribution in [0, 0.1) is 17.6 Å². The highest BCUT2D eigenvalue weighted by molar-refractivity contribution is 5.84. The summed E-state index contributed by atoms with van der Waals surface area (Å²) in [5, 5.41) is 1.16. The van der Waals surface area contributed by atoms with E-state index < -0.39 is 11.6 Å². The molecule has 0 nitrogen and oxygen atoms in total. The van der Waals surface area contributed by atoms with Crippen LogP contribution in [-0.2, 0) is 19.3 Å². The summed E-state index contributed by atoms with van der Waals surface area (Å²) in [7, 11) is 0.